The normalized spacial score (nSPS) is 40.3. The summed E-state index contributed by atoms with van der Waals surface area (Å²) in [5.41, 5.74) is 1.03. The number of nitrogens with one attached hydrogen (secondary N) is 1. The summed E-state index contributed by atoms with van der Waals surface area (Å²) in [4.78, 5) is 2.71. The maximum absolute atomic E-state index is 3.63. The second-order valence-corrected chi connectivity index (χ2v) is 7.29. The van der Waals surface area contributed by atoms with Crippen molar-refractivity contribution >= 4 is 0 Å². The van der Waals surface area contributed by atoms with Gasteiger partial charge in [0.2, 0.25) is 0 Å². The minimum atomic E-state index is 0.516. The molecule has 94 valence electrons. The summed E-state index contributed by atoms with van der Waals surface area (Å²) in [7, 11) is 0. The Hall–Kier alpha value is -0.0800. The molecule has 0 spiro atoms. The molecular weight excluding hydrogens is 196 g/mol. The van der Waals surface area contributed by atoms with Crippen molar-refractivity contribution in [1.82, 2.24) is 10.2 Å². The Balaban J connectivity index is 1.97. The van der Waals surface area contributed by atoms with Crippen molar-refractivity contribution in [3.63, 3.8) is 0 Å². The first kappa shape index (κ1) is 12.4. The van der Waals surface area contributed by atoms with E-state index in [9.17, 15) is 0 Å². The van der Waals surface area contributed by atoms with Crippen molar-refractivity contribution < 1.29 is 0 Å². The molecule has 2 nitrogen and oxygen atoms in total. The lowest BCUT2D eigenvalue weighted by atomic mass is 9.66. The second kappa shape index (κ2) is 4.30. The highest BCUT2D eigenvalue weighted by Crippen LogP contribution is 2.42. The highest BCUT2D eigenvalue weighted by Gasteiger charge is 2.45. The van der Waals surface area contributed by atoms with Crippen molar-refractivity contribution in [2.24, 2.45) is 16.7 Å². The van der Waals surface area contributed by atoms with Crippen LogP contribution in [0, 0.1) is 16.7 Å². The Bertz CT molecular complexity index is 233. The summed E-state index contributed by atoms with van der Waals surface area (Å²) >= 11 is 0. The Kier molecular flexibility index (Phi) is 3.33. The molecule has 2 saturated heterocycles. The quantitative estimate of drug-likeness (QED) is 0.791. The predicted octanol–water partition coefficient (Wildman–Crippen LogP) is 2.35. The van der Waals surface area contributed by atoms with Gasteiger partial charge in [-0.05, 0) is 36.1 Å². The summed E-state index contributed by atoms with van der Waals surface area (Å²) in [5.74, 6) is 0.834. The molecule has 0 aromatic heterocycles. The van der Waals surface area contributed by atoms with Crippen molar-refractivity contribution in [1.29, 1.82) is 0 Å². The van der Waals surface area contributed by atoms with Crippen LogP contribution in [0.4, 0.5) is 0 Å². The van der Waals surface area contributed by atoms with Gasteiger partial charge in [0, 0.05) is 26.2 Å². The minimum Gasteiger partial charge on any atom is -0.316 e. The van der Waals surface area contributed by atoms with Crippen LogP contribution in [0.1, 0.15) is 40.5 Å². The topological polar surface area (TPSA) is 15.3 Å². The fourth-order valence-electron chi connectivity index (χ4n) is 3.78. The van der Waals surface area contributed by atoms with Crippen LogP contribution < -0.4 is 5.32 Å². The van der Waals surface area contributed by atoms with Crippen LogP contribution >= 0.6 is 0 Å². The molecule has 0 unspecified atom stereocenters. The van der Waals surface area contributed by atoms with Gasteiger partial charge in [0.15, 0.2) is 0 Å². The van der Waals surface area contributed by atoms with Gasteiger partial charge in [0.05, 0.1) is 0 Å². The van der Waals surface area contributed by atoms with E-state index in [-0.39, 0.29) is 0 Å². The second-order valence-electron chi connectivity index (χ2n) is 7.29. The van der Waals surface area contributed by atoms with Gasteiger partial charge in [-0.3, -0.25) is 0 Å². The SMILES string of the molecule is CC(C)CCN1C[C@]2(C)CNC[C@](C)(C1)C2. The monoisotopic (exact) mass is 224 g/mol. The van der Waals surface area contributed by atoms with E-state index in [1.807, 2.05) is 0 Å². The third-order valence-corrected chi connectivity index (χ3v) is 4.19. The maximum Gasteiger partial charge on any atom is 0.00479 e. The molecule has 2 aliphatic rings. The first-order valence-corrected chi connectivity index (χ1v) is 6.84. The van der Waals surface area contributed by atoms with E-state index in [2.05, 4.69) is 37.9 Å². The molecule has 2 aliphatic heterocycles. The lowest BCUT2D eigenvalue weighted by Gasteiger charge is -2.54. The van der Waals surface area contributed by atoms with Gasteiger partial charge < -0.3 is 10.2 Å². The highest BCUT2D eigenvalue weighted by atomic mass is 15.2. The van der Waals surface area contributed by atoms with Crippen LogP contribution in [0.3, 0.4) is 0 Å². The van der Waals surface area contributed by atoms with E-state index in [0.29, 0.717) is 10.8 Å². The largest absolute Gasteiger partial charge is 0.316 e. The van der Waals surface area contributed by atoms with Gasteiger partial charge in [-0.15, -0.1) is 0 Å². The molecule has 0 amide bonds. The molecule has 2 bridgehead atoms. The number of likely N-dealkylation sites (tertiary alicyclic amines) is 1. The average Bonchev–Trinajstić information content (AvgIpc) is 2.11. The molecule has 2 fully saturated rings. The average molecular weight is 224 g/mol. The van der Waals surface area contributed by atoms with E-state index in [0.717, 1.165) is 5.92 Å². The number of hydrogen-bond acceptors (Lipinski definition) is 2. The van der Waals surface area contributed by atoms with Crippen LogP contribution in [0.5, 0.6) is 0 Å². The summed E-state index contributed by atoms with van der Waals surface area (Å²) in [6.45, 7) is 15.9. The zero-order valence-corrected chi connectivity index (χ0v) is 11.5. The van der Waals surface area contributed by atoms with Crippen LogP contribution in [0.15, 0.2) is 0 Å². The fourth-order valence-corrected chi connectivity index (χ4v) is 3.78. The van der Waals surface area contributed by atoms with Crippen molar-refractivity contribution in [3.05, 3.63) is 0 Å². The lowest BCUT2D eigenvalue weighted by molar-refractivity contribution is -0.0213. The fraction of sp³-hybridized carbons (Fsp3) is 1.00. The third-order valence-electron chi connectivity index (χ3n) is 4.19. The number of piperidine rings is 2. The zero-order chi connectivity index (χ0) is 11.8. The summed E-state index contributed by atoms with van der Waals surface area (Å²) in [6, 6.07) is 0. The first-order valence-electron chi connectivity index (χ1n) is 6.84. The maximum atomic E-state index is 3.63. The number of rotatable bonds is 3. The molecule has 1 N–H and O–H groups in total. The van der Waals surface area contributed by atoms with E-state index in [1.165, 1.54) is 45.6 Å². The first-order chi connectivity index (χ1) is 7.41. The van der Waals surface area contributed by atoms with Crippen molar-refractivity contribution in [3.8, 4) is 0 Å². The Morgan fingerprint density at radius 1 is 1.12 bits per heavy atom. The molecule has 0 aromatic carbocycles. The Labute approximate surface area is 101 Å². The number of hydrogen-bond donors (Lipinski definition) is 1. The third kappa shape index (κ3) is 2.78. The van der Waals surface area contributed by atoms with E-state index < -0.39 is 0 Å². The zero-order valence-electron chi connectivity index (χ0n) is 11.5. The van der Waals surface area contributed by atoms with Crippen molar-refractivity contribution in [2.75, 3.05) is 32.7 Å². The molecule has 0 radical (unpaired) electrons. The number of fused-ring (bicyclic) bond motifs is 2. The van der Waals surface area contributed by atoms with Gasteiger partial charge in [0.1, 0.15) is 0 Å². The molecule has 2 rings (SSSR count). The van der Waals surface area contributed by atoms with E-state index >= 15 is 0 Å². The van der Waals surface area contributed by atoms with Crippen LogP contribution in [-0.4, -0.2) is 37.6 Å². The Morgan fingerprint density at radius 2 is 1.69 bits per heavy atom. The standard InChI is InChI=1S/C14H28N2/c1-12(2)5-6-16-10-13(3)7-14(4,11-16)9-15-8-13/h12,15H,5-11H2,1-4H3/t13-,14+. The molecule has 16 heavy (non-hydrogen) atoms. The highest BCUT2D eigenvalue weighted by molar-refractivity contribution is 4.99. The van der Waals surface area contributed by atoms with Crippen LogP contribution in [0.25, 0.3) is 0 Å². The molecule has 2 heteroatoms. The van der Waals surface area contributed by atoms with Gasteiger partial charge in [-0.2, -0.15) is 0 Å². The molecule has 0 aromatic rings. The van der Waals surface area contributed by atoms with Gasteiger partial charge >= 0.3 is 0 Å². The number of nitrogens with zero attached hydrogens (tertiary/aromatic N) is 1. The lowest BCUT2D eigenvalue weighted by Crippen LogP contribution is -2.61. The Morgan fingerprint density at radius 3 is 2.19 bits per heavy atom. The molecule has 0 aliphatic carbocycles. The molecule has 2 heterocycles. The predicted molar refractivity (Wildman–Crippen MR) is 69.6 cm³/mol. The van der Waals surface area contributed by atoms with E-state index in [4.69, 9.17) is 0 Å². The van der Waals surface area contributed by atoms with Gasteiger partial charge in [-0.25, -0.2) is 0 Å². The molecular formula is C14H28N2. The minimum absolute atomic E-state index is 0.516. The summed E-state index contributed by atoms with van der Waals surface area (Å²) in [5, 5.41) is 3.63. The van der Waals surface area contributed by atoms with Gasteiger partial charge in [-0.1, -0.05) is 27.7 Å². The van der Waals surface area contributed by atoms with Crippen LogP contribution in [-0.2, 0) is 0 Å². The van der Waals surface area contributed by atoms with Gasteiger partial charge in [0.25, 0.3) is 0 Å². The van der Waals surface area contributed by atoms with Crippen LogP contribution in [0.2, 0.25) is 0 Å². The van der Waals surface area contributed by atoms with E-state index in [1.54, 1.807) is 0 Å². The summed E-state index contributed by atoms with van der Waals surface area (Å²) < 4.78 is 0. The summed E-state index contributed by atoms with van der Waals surface area (Å²) in [6.07, 6.45) is 2.75. The van der Waals surface area contributed by atoms with Crippen molar-refractivity contribution in [2.45, 2.75) is 40.5 Å². The molecule has 0 saturated carbocycles. The smallest absolute Gasteiger partial charge is 0.00479 e. The molecule has 2 atom stereocenters.